The minimum absolute atomic E-state index is 0.541. The van der Waals surface area contributed by atoms with Crippen LogP contribution in [-0.2, 0) is 6.61 Å². The van der Waals surface area contributed by atoms with E-state index in [9.17, 15) is 0 Å². The second-order valence-electron chi connectivity index (χ2n) is 7.78. The van der Waals surface area contributed by atoms with Gasteiger partial charge in [-0.25, -0.2) is 4.98 Å². The highest BCUT2D eigenvalue weighted by atomic mass is 35.5. The Morgan fingerprint density at radius 1 is 0.800 bits per heavy atom. The quantitative estimate of drug-likeness (QED) is 0.174. The van der Waals surface area contributed by atoms with Crippen molar-refractivity contribution in [3.8, 4) is 27.4 Å². The molecule has 35 heavy (non-hydrogen) atoms. The molecule has 0 saturated heterocycles. The van der Waals surface area contributed by atoms with Crippen LogP contribution in [0.15, 0.2) is 114 Å². The van der Waals surface area contributed by atoms with Gasteiger partial charge in [-0.15, -0.1) is 0 Å². The van der Waals surface area contributed by atoms with Gasteiger partial charge >= 0.3 is 0 Å². The van der Waals surface area contributed by atoms with Crippen LogP contribution < -0.4 is 10.2 Å². The van der Waals surface area contributed by atoms with Crippen molar-refractivity contribution in [3.63, 3.8) is 0 Å². The van der Waals surface area contributed by atoms with Gasteiger partial charge < -0.3 is 4.74 Å². The Morgan fingerprint density at radius 2 is 1.49 bits per heavy atom. The maximum absolute atomic E-state index is 6.09. The normalized spacial score (nSPS) is 11.0. The Hall–Kier alpha value is -3.93. The van der Waals surface area contributed by atoms with Crippen molar-refractivity contribution in [1.29, 1.82) is 0 Å². The van der Waals surface area contributed by atoms with Crippen molar-refractivity contribution in [1.82, 2.24) is 4.98 Å². The van der Waals surface area contributed by atoms with Crippen LogP contribution in [0.4, 0.5) is 5.13 Å². The van der Waals surface area contributed by atoms with Crippen molar-refractivity contribution in [2.75, 3.05) is 5.43 Å². The second kappa shape index (κ2) is 11.0. The number of hydrogen-bond donors (Lipinski definition) is 1. The highest BCUT2D eigenvalue weighted by Gasteiger charge is 2.14. The van der Waals surface area contributed by atoms with E-state index in [1.165, 1.54) is 0 Å². The average Bonchev–Trinajstić information content (AvgIpc) is 3.34. The Kier molecular flexibility index (Phi) is 7.18. The number of aromatic nitrogens is 1. The van der Waals surface area contributed by atoms with Crippen molar-refractivity contribution in [2.24, 2.45) is 5.10 Å². The van der Waals surface area contributed by atoms with E-state index in [-0.39, 0.29) is 0 Å². The van der Waals surface area contributed by atoms with Crippen LogP contribution in [0, 0.1) is 0 Å². The molecule has 0 fully saturated rings. The Morgan fingerprint density at radius 3 is 2.20 bits per heavy atom. The predicted octanol–water partition coefficient (Wildman–Crippen LogP) is 8.16. The smallest absolute Gasteiger partial charge is 0.204 e. The first kappa shape index (κ1) is 22.8. The van der Waals surface area contributed by atoms with Crippen molar-refractivity contribution >= 4 is 34.3 Å². The van der Waals surface area contributed by atoms with Gasteiger partial charge in [0.15, 0.2) is 0 Å². The van der Waals surface area contributed by atoms with E-state index in [4.69, 9.17) is 21.3 Å². The van der Waals surface area contributed by atoms with Gasteiger partial charge in [0.05, 0.1) is 16.8 Å². The third-order valence-electron chi connectivity index (χ3n) is 5.28. The molecule has 6 heteroatoms. The first-order chi connectivity index (χ1) is 17.2. The van der Waals surface area contributed by atoms with Crippen LogP contribution >= 0.6 is 22.9 Å². The van der Waals surface area contributed by atoms with E-state index in [1.807, 2.05) is 97.1 Å². The van der Waals surface area contributed by atoms with Crippen LogP contribution in [-0.4, -0.2) is 11.2 Å². The minimum Gasteiger partial charge on any atom is -0.489 e. The third-order valence-corrected chi connectivity index (χ3v) is 6.54. The largest absolute Gasteiger partial charge is 0.489 e. The summed E-state index contributed by atoms with van der Waals surface area (Å²) >= 11 is 7.65. The number of benzene rings is 4. The molecule has 5 rings (SSSR count). The summed E-state index contributed by atoms with van der Waals surface area (Å²) in [7, 11) is 0. The monoisotopic (exact) mass is 495 g/mol. The van der Waals surface area contributed by atoms with Gasteiger partial charge in [-0.05, 0) is 53.1 Å². The Bertz CT molecular complexity index is 1400. The second-order valence-corrected chi connectivity index (χ2v) is 9.22. The zero-order valence-corrected chi connectivity index (χ0v) is 20.3. The zero-order chi connectivity index (χ0) is 23.9. The van der Waals surface area contributed by atoms with E-state index in [1.54, 1.807) is 17.6 Å². The topological polar surface area (TPSA) is 46.5 Å². The molecule has 0 amide bonds. The molecule has 0 atom stereocenters. The van der Waals surface area contributed by atoms with Crippen LogP contribution in [0.25, 0.3) is 21.7 Å². The molecule has 0 aliphatic rings. The zero-order valence-electron chi connectivity index (χ0n) is 18.8. The highest BCUT2D eigenvalue weighted by molar-refractivity contribution is 7.19. The molecular weight excluding hydrogens is 474 g/mol. The van der Waals surface area contributed by atoms with Gasteiger partial charge in [0.25, 0.3) is 0 Å². The number of hydrogen-bond acceptors (Lipinski definition) is 5. The highest BCUT2D eigenvalue weighted by Crippen LogP contribution is 2.39. The van der Waals surface area contributed by atoms with Crippen molar-refractivity contribution < 1.29 is 4.74 Å². The summed E-state index contributed by atoms with van der Waals surface area (Å²) in [6, 6.07) is 35.9. The lowest BCUT2D eigenvalue weighted by molar-refractivity contribution is 0.306. The molecule has 1 aromatic heterocycles. The molecule has 1 heterocycles. The fraction of sp³-hybridized carbons (Fsp3) is 0.0345. The molecule has 4 aromatic carbocycles. The summed E-state index contributed by atoms with van der Waals surface area (Å²) in [5.74, 6) is 0.819. The van der Waals surface area contributed by atoms with Crippen molar-refractivity contribution in [2.45, 2.75) is 6.61 Å². The van der Waals surface area contributed by atoms with Gasteiger partial charge in [0.1, 0.15) is 12.4 Å². The van der Waals surface area contributed by atoms with Crippen LogP contribution in [0.5, 0.6) is 5.75 Å². The molecule has 0 aliphatic carbocycles. The first-order valence-corrected chi connectivity index (χ1v) is 12.3. The molecule has 172 valence electrons. The number of halogens is 1. The number of nitrogens with one attached hydrogen (secondary N) is 1. The van der Waals surface area contributed by atoms with Gasteiger partial charge in [0, 0.05) is 10.6 Å². The maximum atomic E-state index is 6.09. The van der Waals surface area contributed by atoms with E-state index in [2.05, 4.69) is 22.7 Å². The predicted molar refractivity (Wildman–Crippen MR) is 146 cm³/mol. The molecule has 0 aliphatic heterocycles. The first-order valence-electron chi connectivity index (χ1n) is 11.1. The molecular formula is C29H22ClN3OS. The van der Waals surface area contributed by atoms with Gasteiger partial charge in [-0.3, -0.25) is 5.43 Å². The van der Waals surface area contributed by atoms with Crippen molar-refractivity contribution in [3.05, 3.63) is 125 Å². The van der Waals surface area contributed by atoms with Gasteiger partial charge in [0.2, 0.25) is 5.13 Å². The minimum atomic E-state index is 0.541. The maximum Gasteiger partial charge on any atom is 0.204 e. The summed E-state index contributed by atoms with van der Waals surface area (Å²) in [5, 5.41) is 5.82. The number of hydrazone groups is 1. The van der Waals surface area contributed by atoms with E-state index in [0.29, 0.717) is 16.8 Å². The van der Waals surface area contributed by atoms with E-state index in [0.717, 1.165) is 38.6 Å². The summed E-state index contributed by atoms with van der Waals surface area (Å²) in [5.41, 5.74) is 8.21. The summed E-state index contributed by atoms with van der Waals surface area (Å²) in [4.78, 5) is 5.88. The number of rotatable bonds is 8. The standard InChI is InChI=1S/C29H22ClN3OS/c30-25-15-13-24(14-16-25)28-27(23-9-5-2-6-10-23)32-29(35-28)33-31-19-21-11-17-26(18-12-21)34-20-22-7-3-1-4-8-22/h1-19H,20H2,(H,32,33)/b31-19-. The Balaban J connectivity index is 1.28. The molecule has 1 N–H and O–H groups in total. The lowest BCUT2D eigenvalue weighted by Gasteiger charge is -2.06. The molecule has 4 nitrogen and oxygen atoms in total. The number of anilines is 1. The lowest BCUT2D eigenvalue weighted by atomic mass is 10.1. The summed E-state index contributed by atoms with van der Waals surface area (Å²) < 4.78 is 5.85. The molecule has 0 radical (unpaired) electrons. The SMILES string of the molecule is Clc1ccc(-c2sc(N/N=C\c3ccc(OCc4ccccc4)cc3)nc2-c2ccccc2)cc1. The fourth-order valence-corrected chi connectivity index (χ4v) is 4.58. The fourth-order valence-electron chi connectivity index (χ4n) is 3.51. The third kappa shape index (κ3) is 5.96. The van der Waals surface area contributed by atoms with E-state index < -0.39 is 0 Å². The molecule has 0 bridgehead atoms. The summed E-state index contributed by atoms with van der Waals surface area (Å²) in [6.07, 6.45) is 1.77. The number of thiazole rings is 1. The summed E-state index contributed by atoms with van der Waals surface area (Å²) in [6.45, 7) is 0.541. The van der Waals surface area contributed by atoms with Gasteiger partial charge in [-0.1, -0.05) is 95.7 Å². The lowest BCUT2D eigenvalue weighted by Crippen LogP contribution is -1.95. The number of ether oxygens (including phenoxy) is 1. The Labute approximate surface area is 213 Å². The molecule has 0 unspecified atom stereocenters. The molecule has 0 spiro atoms. The average molecular weight is 496 g/mol. The van der Waals surface area contributed by atoms with E-state index >= 15 is 0 Å². The van der Waals surface area contributed by atoms with Crippen LogP contribution in [0.2, 0.25) is 5.02 Å². The molecule has 0 saturated carbocycles. The van der Waals surface area contributed by atoms with Gasteiger partial charge in [-0.2, -0.15) is 5.10 Å². The van der Waals surface area contributed by atoms with Crippen LogP contribution in [0.1, 0.15) is 11.1 Å². The van der Waals surface area contributed by atoms with Crippen LogP contribution in [0.3, 0.4) is 0 Å². The molecule has 5 aromatic rings. The number of nitrogens with zero attached hydrogens (tertiary/aromatic N) is 2.